The van der Waals surface area contributed by atoms with Crippen molar-refractivity contribution in [3.05, 3.63) is 216 Å². The Balaban J connectivity index is 0.965. The summed E-state index contributed by atoms with van der Waals surface area (Å²) in [6.07, 6.45) is 0. The summed E-state index contributed by atoms with van der Waals surface area (Å²) in [7, 11) is 0. The topological polar surface area (TPSA) is 13.1 Å². The molecule has 0 spiro atoms. The summed E-state index contributed by atoms with van der Waals surface area (Å²) in [5.41, 5.74) is 19.9. The van der Waals surface area contributed by atoms with Crippen LogP contribution >= 0.6 is 0 Å². The maximum absolute atomic E-state index is 6.75. The van der Waals surface area contributed by atoms with Gasteiger partial charge in [0.25, 0.3) is 0 Å². The lowest BCUT2D eigenvalue weighted by molar-refractivity contribution is 0.659. The molecule has 0 aliphatic heterocycles. The molecular weight excluding hydrogens is 785 g/mol. The van der Waals surface area contributed by atoms with Crippen molar-refractivity contribution in [1.29, 1.82) is 0 Å². The van der Waals surface area contributed by atoms with Gasteiger partial charge in [-0.1, -0.05) is 191 Å². The van der Waals surface area contributed by atoms with Crippen molar-refractivity contribution in [3.63, 3.8) is 0 Å². The number of rotatable bonds is 3. The van der Waals surface area contributed by atoms with E-state index in [1.807, 2.05) is 0 Å². The van der Waals surface area contributed by atoms with Crippen LogP contribution in [0.3, 0.4) is 0 Å². The maximum atomic E-state index is 6.75. The molecule has 1 heterocycles. The third kappa shape index (κ3) is 4.88. The monoisotopic (exact) mass is 828 g/mol. The third-order valence-electron chi connectivity index (χ3n) is 15.4. The van der Waals surface area contributed by atoms with Gasteiger partial charge in [0, 0.05) is 27.0 Å². The van der Waals surface area contributed by atoms with Gasteiger partial charge < -0.3 is 4.42 Å². The molecule has 0 N–H and O–H groups in total. The Labute approximate surface area is 378 Å². The fourth-order valence-electron chi connectivity index (χ4n) is 12.4. The summed E-state index contributed by atoms with van der Waals surface area (Å²) in [4.78, 5) is 0. The van der Waals surface area contributed by atoms with E-state index >= 15 is 0 Å². The molecule has 14 rings (SSSR count). The van der Waals surface area contributed by atoms with Gasteiger partial charge in [-0.15, -0.1) is 0 Å². The van der Waals surface area contributed by atoms with Crippen molar-refractivity contribution in [1.82, 2.24) is 0 Å². The summed E-state index contributed by atoms with van der Waals surface area (Å²) >= 11 is 0. The number of benzene rings is 11. The first-order valence-electron chi connectivity index (χ1n) is 23.0. The van der Waals surface area contributed by atoms with Crippen LogP contribution in [0.5, 0.6) is 0 Å². The summed E-state index contributed by atoms with van der Waals surface area (Å²) in [6.45, 7) is 9.66. The Hall–Kier alpha value is -7.74. The predicted octanol–water partition coefficient (Wildman–Crippen LogP) is 17.8. The maximum Gasteiger partial charge on any atom is 0.143 e. The molecule has 0 bridgehead atoms. The standard InChI is InChI=1S/C64H44O/c1-63(2)55-34-38(52-36-53-49(32-33-50-43-19-12-14-27-57(43)65-62(50)53)60-51-24-11-13-26-54(51)64(3,4)61(52)60)28-30-41(55)42-31-29-39(35-56(42)63)58-45-20-7-9-22-47(45)59(48-23-10-8-21-46(48)58)44-25-15-17-37-16-5-6-18-40(37)44/h5-36H,1-4H3. The van der Waals surface area contributed by atoms with Crippen LogP contribution in [0.25, 0.3) is 121 Å². The molecule has 2 aliphatic carbocycles. The summed E-state index contributed by atoms with van der Waals surface area (Å²) in [6, 6.07) is 72.7. The summed E-state index contributed by atoms with van der Waals surface area (Å²) in [5.74, 6) is 0. The fraction of sp³-hybridized carbons (Fsp3) is 0.0938. The highest BCUT2D eigenvalue weighted by Gasteiger charge is 2.41. The van der Waals surface area contributed by atoms with E-state index in [0.717, 1.165) is 21.9 Å². The number of furan rings is 1. The first kappa shape index (κ1) is 36.7. The van der Waals surface area contributed by atoms with E-state index in [0.29, 0.717) is 0 Å². The van der Waals surface area contributed by atoms with Gasteiger partial charge >= 0.3 is 0 Å². The molecular formula is C64H44O. The Morgan fingerprint density at radius 1 is 0.308 bits per heavy atom. The van der Waals surface area contributed by atoms with Crippen LogP contribution in [0.1, 0.15) is 49.9 Å². The first-order valence-corrected chi connectivity index (χ1v) is 23.0. The molecule has 0 saturated carbocycles. The second kappa shape index (κ2) is 12.9. The van der Waals surface area contributed by atoms with Gasteiger partial charge in [-0.3, -0.25) is 0 Å². The lowest BCUT2D eigenvalue weighted by Gasteiger charge is -2.26. The molecule has 1 aromatic heterocycles. The van der Waals surface area contributed by atoms with Gasteiger partial charge in [0.05, 0.1) is 0 Å². The van der Waals surface area contributed by atoms with Crippen molar-refractivity contribution < 1.29 is 4.42 Å². The zero-order chi connectivity index (χ0) is 43.3. The first-order chi connectivity index (χ1) is 31.8. The lowest BCUT2D eigenvalue weighted by Crippen LogP contribution is -2.17. The molecule has 65 heavy (non-hydrogen) atoms. The van der Waals surface area contributed by atoms with Gasteiger partial charge in [0.1, 0.15) is 11.2 Å². The van der Waals surface area contributed by atoms with Crippen molar-refractivity contribution in [2.45, 2.75) is 38.5 Å². The van der Waals surface area contributed by atoms with E-state index in [4.69, 9.17) is 4.42 Å². The summed E-state index contributed by atoms with van der Waals surface area (Å²) < 4.78 is 6.75. The van der Waals surface area contributed by atoms with E-state index in [-0.39, 0.29) is 10.8 Å². The van der Waals surface area contributed by atoms with Crippen LogP contribution in [0.4, 0.5) is 0 Å². The van der Waals surface area contributed by atoms with E-state index in [1.54, 1.807) is 0 Å². The Kier molecular flexibility index (Phi) is 7.30. The van der Waals surface area contributed by atoms with Gasteiger partial charge in [-0.25, -0.2) is 0 Å². The number of hydrogen-bond acceptors (Lipinski definition) is 1. The molecule has 0 amide bonds. The predicted molar refractivity (Wildman–Crippen MR) is 275 cm³/mol. The van der Waals surface area contributed by atoms with Gasteiger partial charge in [0.15, 0.2) is 0 Å². The largest absolute Gasteiger partial charge is 0.455 e. The second-order valence-corrected chi connectivity index (χ2v) is 19.5. The third-order valence-corrected chi connectivity index (χ3v) is 15.4. The molecule has 0 radical (unpaired) electrons. The molecule has 1 heteroatoms. The highest BCUT2D eigenvalue weighted by atomic mass is 16.3. The Morgan fingerprint density at radius 3 is 1.58 bits per heavy atom. The average Bonchev–Trinajstić information content (AvgIpc) is 3.92. The van der Waals surface area contributed by atoms with E-state index in [2.05, 4.69) is 222 Å². The molecule has 0 fully saturated rings. The van der Waals surface area contributed by atoms with E-state index in [1.165, 1.54) is 121 Å². The van der Waals surface area contributed by atoms with Crippen molar-refractivity contribution in [2.24, 2.45) is 0 Å². The minimum Gasteiger partial charge on any atom is -0.455 e. The van der Waals surface area contributed by atoms with Crippen LogP contribution in [0.15, 0.2) is 199 Å². The molecule has 306 valence electrons. The zero-order valence-corrected chi connectivity index (χ0v) is 36.9. The molecule has 0 saturated heterocycles. The zero-order valence-electron chi connectivity index (χ0n) is 36.9. The Bertz CT molecular complexity index is 4000. The van der Waals surface area contributed by atoms with E-state index in [9.17, 15) is 0 Å². The van der Waals surface area contributed by atoms with E-state index < -0.39 is 0 Å². The molecule has 1 nitrogen and oxygen atoms in total. The fourth-order valence-corrected chi connectivity index (χ4v) is 12.4. The van der Waals surface area contributed by atoms with Crippen LogP contribution in [0, 0.1) is 0 Å². The Morgan fingerprint density at radius 2 is 0.846 bits per heavy atom. The normalized spacial score (nSPS) is 14.4. The highest BCUT2D eigenvalue weighted by Crippen LogP contribution is 2.58. The number of hydrogen-bond donors (Lipinski definition) is 0. The second-order valence-electron chi connectivity index (χ2n) is 19.5. The lowest BCUT2D eigenvalue weighted by atomic mass is 9.76. The molecule has 2 aliphatic rings. The quantitative estimate of drug-likeness (QED) is 0.162. The molecule has 12 aromatic rings. The molecule has 11 aromatic carbocycles. The molecule has 0 unspecified atom stereocenters. The van der Waals surface area contributed by atoms with Crippen molar-refractivity contribution in [3.8, 4) is 55.6 Å². The highest BCUT2D eigenvalue weighted by molar-refractivity contribution is 6.24. The van der Waals surface area contributed by atoms with Crippen LogP contribution < -0.4 is 0 Å². The minimum atomic E-state index is -0.240. The SMILES string of the molecule is CC1(C)c2cc(-c3cc4c(ccc5c6ccccc6oc45)c4c3C(C)(C)c3ccccc3-4)ccc2-c2ccc(-c3c4ccccc4c(-c4cccc5ccccc45)c4ccccc34)cc21. The van der Waals surface area contributed by atoms with Crippen LogP contribution in [0.2, 0.25) is 0 Å². The van der Waals surface area contributed by atoms with Crippen LogP contribution in [-0.4, -0.2) is 0 Å². The van der Waals surface area contributed by atoms with Crippen LogP contribution in [-0.2, 0) is 10.8 Å². The van der Waals surface area contributed by atoms with Crippen molar-refractivity contribution in [2.75, 3.05) is 0 Å². The number of para-hydroxylation sites is 1. The minimum absolute atomic E-state index is 0.195. The summed E-state index contributed by atoms with van der Waals surface area (Å²) in [5, 5.41) is 12.4. The van der Waals surface area contributed by atoms with Gasteiger partial charge in [0.2, 0.25) is 0 Å². The van der Waals surface area contributed by atoms with Gasteiger partial charge in [-0.05, 0) is 146 Å². The molecule has 0 atom stereocenters. The number of fused-ring (bicyclic) bond motifs is 15. The van der Waals surface area contributed by atoms with Crippen molar-refractivity contribution >= 4 is 65.0 Å². The smallest absolute Gasteiger partial charge is 0.143 e. The average molecular weight is 829 g/mol. The van der Waals surface area contributed by atoms with Gasteiger partial charge in [-0.2, -0.15) is 0 Å².